The molecular formula is C15H26O3. The van der Waals surface area contributed by atoms with Crippen LogP contribution >= 0.6 is 0 Å². The van der Waals surface area contributed by atoms with Crippen LogP contribution in [0.15, 0.2) is 0 Å². The second-order valence-corrected chi connectivity index (χ2v) is 6.45. The van der Waals surface area contributed by atoms with Gasteiger partial charge in [0.1, 0.15) is 5.78 Å². The summed E-state index contributed by atoms with van der Waals surface area (Å²) in [6.07, 6.45) is 2.38. The molecule has 1 rings (SSSR count). The normalized spacial score (nSPS) is 26.8. The Kier molecular flexibility index (Phi) is 4.94. The maximum Gasteiger partial charge on any atom is 0.309 e. The van der Waals surface area contributed by atoms with Gasteiger partial charge in [-0.1, -0.05) is 27.7 Å². The topological polar surface area (TPSA) is 43.4 Å². The Morgan fingerprint density at radius 2 is 2.06 bits per heavy atom. The van der Waals surface area contributed by atoms with Crippen molar-refractivity contribution in [2.45, 2.75) is 53.9 Å². The molecule has 0 amide bonds. The van der Waals surface area contributed by atoms with Gasteiger partial charge >= 0.3 is 5.97 Å². The predicted molar refractivity (Wildman–Crippen MR) is 71.1 cm³/mol. The fraction of sp³-hybridized carbons (Fsp3) is 0.867. The van der Waals surface area contributed by atoms with Gasteiger partial charge in [-0.15, -0.1) is 0 Å². The fourth-order valence-corrected chi connectivity index (χ4v) is 2.77. The summed E-state index contributed by atoms with van der Waals surface area (Å²) >= 11 is 0. The largest absolute Gasteiger partial charge is 0.466 e. The van der Waals surface area contributed by atoms with Crippen LogP contribution in [0.3, 0.4) is 0 Å². The molecule has 0 aromatic carbocycles. The van der Waals surface area contributed by atoms with Crippen LogP contribution in [-0.4, -0.2) is 18.4 Å². The SMILES string of the molecule is CCOC(=O)C(C)C1CC(C(C)(C)C)CCC1=O. The molecule has 1 aliphatic carbocycles. The van der Waals surface area contributed by atoms with Gasteiger partial charge in [0.15, 0.2) is 0 Å². The van der Waals surface area contributed by atoms with E-state index in [0.717, 1.165) is 12.8 Å². The smallest absolute Gasteiger partial charge is 0.309 e. The molecule has 0 spiro atoms. The van der Waals surface area contributed by atoms with Crippen LogP contribution < -0.4 is 0 Å². The third-order valence-corrected chi connectivity index (χ3v) is 4.18. The number of carbonyl (C=O) groups excluding carboxylic acids is 2. The van der Waals surface area contributed by atoms with E-state index in [-0.39, 0.29) is 29.0 Å². The average molecular weight is 254 g/mol. The van der Waals surface area contributed by atoms with E-state index in [1.54, 1.807) is 6.92 Å². The summed E-state index contributed by atoms with van der Waals surface area (Å²) in [6.45, 7) is 10.6. The zero-order chi connectivity index (χ0) is 13.9. The molecule has 3 nitrogen and oxygen atoms in total. The molecule has 3 unspecified atom stereocenters. The van der Waals surface area contributed by atoms with Crippen LogP contribution in [0.5, 0.6) is 0 Å². The zero-order valence-electron chi connectivity index (χ0n) is 12.3. The molecule has 0 heterocycles. The standard InChI is InChI=1S/C15H26O3/c1-6-18-14(17)10(2)12-9-11(15(3,4)5)7-8-13(12)16/h10-12H,6-9H2,1-5H3. The molecule has 0 aromatic rings. The first kappa shape index (κ1) is 15.2. The Labute approximate surface area is 110 Å². The number of esters is 1. The molecule has 1 fully saturated rings. The number of Topliss-reactive ketones (excluding diaryl/α,β-unsaturated/α-hetero) is 1. The van der Waals surface area contributed by atoms with Crippen molar-refractivity contribution in [2.75, 3.05) is 6.61 Å². The molecule has 1 saturated carbocycles. The summed E-state index contributed by atoms with van der Waals surface area (Å²) in [4.78, 5) is 23.8. The molecule has 104 valence electrons. The minimum atomic E-state index is -0.303. The Hall–Kier alpha value is -0.860. The number of hydrogen-bond donors (Lipinski definition) is 0. The van der Waals surface area contributed by atoms with Crippen LogP contribution in [0.4, 0.5) is 0 Å². The van der Waals surface area contributed by atoms with Crippen molar-refractivity contribution in [3.63, 3.8) is 0 Å². The second kappa shape index (κ2) is 5.85. The Morgan fingerprint density at radius 1 is 1.44 bits per heavy atom. The Morgan fingerprint density at radius 3 is 2.56 bits per heavy atom. The van der Waals surface area contributed by atoms with Crippen LogP contribution in [0.2, 0.25) is 0 Å². The maximum atomic E-state index is 12.0. The molecule has 0 N–H and O–H groups in total. The lowest BCUT2D eigenvalue weighted by Gasteiger charge is -2.38. The summed E-state index contributed by atoms with van der Waals surface area (Å²) in [7, 11) is 0. The molecule has 0 aliphatic heterocycles. The predicted octanol–water partition coefficient (Wildman–Crippen LogP) is 3.22. The first-order chi connectivity index (χ1) is 8.27. The molecule has 0 saturated heterocycles. The number of carbonyl (C=O) groups is 2. The van der Waals surface area contributed by atoms with Gasteiger partial charge in [-0.3, -0.25) is 9.59 Å². The number of ketones is 1. The summed E-state index contributed by atoms with van der Waals surface area (Å²) in [5, 5.41) is 0. The molecule has 0 bridgehead atoms. The van der Waals surface area contributed by atoms with Crippen LogP contribution in [-0.2, 0) is 14.3 Å². The molecule has 0 aromatic heterocycles. The highest BCUT2D eigenvalue weighted by atomic mass is 16.5. The first-order valence-electron chi connectivity index (χ1n) is 6.96. The third-order valence-electron chi connectivity index (χ3n) is 4.18. The van der Waals surface area contributed by atoms with Gasteiger partial charge in [0.05, 0.1) is 12.5 Å². The molecule has 1 aliphatic rings. The van der Waals surface area contributed by atoms with Gasteiger partial charge in [-0.05, 0) is 31.1 Å². The van der Waals surface area contributed by atoms with Crippen molar-refractivity contribution in [1.82, 2.24) is 0 Å². The monoisotopic (exact) mass is 254 g/mol. The van der Waals surface area contributed by atoms with Gasteiger partial charge in [0.2, 0.25) is 0 Å². The molecular weight excluding hydrogens is 228 g/mol. The van der Waals surface area contributed by atoms with Gasteiger partial charge in [0.25, 0.3) is 0 Å². The quantitative estimate of drug-likeness (QED) is 0.726. The second-order valence-electron chi connectivity index (χ2n) is 6.45. The molecule has 0 radical (unpaired) electrons. The zero-order valence-corrected chi connectivity index (χ0v) is 12.3. The van der Waals surface area contributed by atoms with Crippen molar-refractivity contribution >= 4 is 11.8 Å². The van der Waals surface area contributed by atoms with Crippen molar-refractivity contribution in [1.29, 1.82) is 0 Å². The summed E-state index contributed by atoms with van der Waals surface area (Å²) in [5.74, 6) is 0.0585. The van der Waals surface area contributed by atoms with Gasteiger partial charge < -0.3 is 4.74 Å². The van der Waals surface area contributed by atoms with Crippen LogP contribution in [0, 0.1) is 23.2 Å². The Bertz CT molecular complexity index is 314. The van der Waals surface area contributed by atoms with E-state index < -0.39 is 0 Å². The minimum absolute atomic E-state index is 0.151. The van der Waals surface area contributed by atoms with Crippen molar-refractivity contribution in [2.24, 2.45) is 23.2 Å². The van der Waals surface area contributed by atoms with E-state index in [9.17, 15) is 9.59 Å². The molecule has 3 heteroatoms. The first-order valence-corrected chi connectivity index (χ1v) is 6.96. The summed E-state index contributed by atoms with van der Waals surface area (Å²) in [5.41, 5.74) is 0.202. The van der Waals surface area contributed by atoms with Crippen LogP contribution in [0.25, 0.3) is 0 Å². The minimum Gasteiger partial charge on any atom is -0.466 e. The summed E-state index contributed by atoms with van der Waals surface area (Å²) < 4.78 is 5.03. The van der Waals surface area contributed by atoms with Gasteiger partial charge in [-0.25, -0.2) is 0 Å². The van der Waals surface area contributed by atoms with Crippen LogP contribution in [0.1, 0.15) is 53.9 Å². The average Bonchev–Trinajstić information content (AvgIpc) is 2.27. The number of rotatable bonds is 3. The fourth-order valence-electron chi connectivity index (χ4n) is 2.77. The van der Waals surface area contributed by atoms with Crippen molar-refractivity contribution in [3.8, 4) is 0 Å². The van der Waals surface area contributed by atoms with E-state index in [2.05, 4.69) is 20.8 Å². The van der Waals surface area contributed by atoms with Crippen molar-refractivity contribution in [3.05, 3.63) is 0 Å². The highest BCUT2D eigenvalue weighted by Crippen LogP contribution is 2.41. The lowest BCUT2D eigenvalue weighted by atomic mass is 9.66. The maximum absolute atomic E-state index is 12.0. The lowest BCUT2D eigenvalue weighted by molar-refractivity contribution is -0.153. The van der Waals surface area contributed by atoms with Crippen molar-refractivity contribution < 1.29 is 14.3 Å². The highest BCUT2D eigenvalue weighted by molar-refractivity contribution is 5.87. The third kappa shape index (κ3) is 3.56. The highest BCUT2D eigenvalue weighted by Gasteiger charge is 2.39. The molecule has 18 heavy (non-hydrogen) atoms. The Balaban J connectivity index is 2.73. The molecule has 3 atom stereocenters. The van der Waals surface area contributed by atoms with Gasteiger partial charge in [-0.2, -0.15) is 0 Å². The number of hydrogen-bond acceptors (Lipinski definition) is 3. The van der Waals surface area contributed by atoms with E-state index in [1.807, 2.05) is 6.92 Å². The van der Waals surface area contributed by atoms with Gasteiger partial charge in [0, 0.05) is 12.3 Å². The van der Waals surface area contributed by atoms with E-state index in [0.29, 0.717) is 18.9 Å². The van der Waals surface area contributed by atoms with E-state index in [1.165, 1.54) is 0 Å². The van der Waals surface area contributed by atoms with E-state index >= 15 is 0 Å². The number of ether oxygens (including phenoxy) is 1. The summed E-state index contributed by atoms with van der Waals surface area (Å²) in [6, 6.07) is 0. The van der Waals surface area contributed by atoms with E-state index in [4.69, 9.17) is 4.74 Å². The lowest BCUT2D eigenvalue weighted by Crippen LogP contribution is -2.37.